The molecule has 1 N–H and O–H groups in total. The van der Waals surface area contributed by atoms with E-state index in [2.05, 4.69) is 31.3 Å². The van der Waals surface area contributed by atoms with Gasteiger partial charge in [-0.1, -0.05) is 67.4 Å². The molecule has 164 valence electrons. The van der Waals surface area contributed by atoms with Crippen molar-refractivity contribution in [2.45, 2.75) is 39.0 Å². The summed E-state index contributed by atoms with van der Waals surface area (Å²) < 4.78 is 0. The number of nitrogens with zero attached hydrogens (tertiary/aromatic N) is 1. The van der Waals surface area contributed by atoms with Crippen molar-refractivity contribution in [3.8, 4) is 11.1 Å². The zero-order valence-electron chi connectivity index (χ0n) is 18.0. The van der Waals surface area contributed by atoms with Crippen molar-refractivity contribution in [1.29, 1.82) is 0 Å². The lowest BCUT2D eigenvalue weighted by Gasteiger charge is -2.16. The molecule has 1 aliphatic rings. The van der Waals surface area contributed by atoms with Gasteiger partial charge in [-0.2, -0.15) is 0 Å². The average Bonchev–Trinajstić information content (AvgIpc) is 3.16. The number of hydrogen-bond acceptors (Lipinski definition) is 2. The first-order valence-corrected chi connectivity index (χ1v) is 11.4. The standard InChI is InChI=1S/C25H28Cl2N2O2/c1-17(2)18-7-3-4-8-19(18)20-10-12-22(26)25(27)21(20)11-13-23(30)28-14-6-16-29-15-5-9-24(29)31/h3-4,7-8,10-13,17H,5-6,9,14-16H2,1-2H3,(H,28,30)/b13-11+. The maximum atomic E-state index is 12.3. The highest BCUT2D eigenvalue weighted by Crippen LogP contribution is 2.38. The van der Waals surface area contributed by atoms with E-state index in [1.807, 2.05) is 23.1 Å². The minimum Gasteiger partial charge on any atom is -0.352 e. The summed E-state index contributed by atoms with van der Waals surface area (Å²) in [5.41, 5.74) is 3.94. The lowest BCUT2D eigenvalue weighted by atomic mass is 9.90. The Morgan fingerprint density at radius 2 is 1.94 bits per heavy atom. The zero-order chi connectivity index (χ0) is 22.4. The van der Waals surface area contributed by atoms with E-state index < -0.39 is 0 Å². The van der Waals surface area contributed by atoms with E-state index in [-0.39, 0.29) is 11.8 Å². The quantitative estimate of drug-likeness (QED) is 0.393. The van der Waals surface area contributed by atoms with Crippen LogP contribution in [-0.2, 0) is 9.59 Å². The fourth-order valence-electron chi connectivity index (χ4n) is 3.85. The smallest absolute Gasteiger partial charge is 0.244 e. The van der Waals surface area contributed by atoms with Gasteiger partial charge in [-0.05, 0) is 47.6 Å². The van der Waals surface area contributed by atoms with Gasteiger partial charge in [-0.3, -0.25) is 9.59 Å². The van der Waals surface area contributed by atoms with E-state index in [9.17, 15) is 9.59 Å². The summed E-state index contributed by atoms with van der Waals surface area (Å²) in [4.78, 5) is 25.8. The Morgan fingerprint density at radius 3 is 2.65 bits per heavy atom. The van der Waals surface area contributed by atoms with Crippen LogP contribution in [0, 0.1) is 0 Å². The number of benzene rings is 2. The molecular weight excluding hydrogens is 431 g/mol. The van der Waals surface area contributed by atoms with Crippen LogP contribution in [0.5, 0.6) is 0 Å². The van der Waals surface area contributed by atoms with E-state index in [0.717, 1.165) is 36.1 Å². The summed E-state index contributed by atoms with van der Waals surface area (Å²) in [6, 6.07) is 11.9. The number of carbonyl (C=O) groups is 2. The Morgan fingerprint density at radius 1 is 1.16 bits per heavy atom. The van der Waals surface area contributed by atoms with Crippen molar-refractivity contribution >= 4 is 41.1 Å². The maximum Gasteiger partial charge on any atom is 0.244 e. The Balaban J connectivity index is 1.72. The van der Waals surface area contributed by atoms with Crippen LogP contribution in [0.1, 0.15) is 50.2 Å². The van der Waals surface area contributed by atoms with Crippen LogP contribution in [0.25, 0.3) is 17.2 Å². The van der Waals surface area contributed by atoms with Crippen molar-refractivity contribution in [3.63, 3.8) is 0 Å². The molecule has 1 heterocycles. The molecule has 1 fully saturated rings. The highest BCUT2D eigenvalue weighted by atomic mass is 35.5. The molecule has 3 rings (SSSR count). The Bertz CT molecular complexity index is 985. The first kappa shape index (κ1) is 23.4. The van der Waals surface area contributed by atoms with Gasteiger partial charge < -0.3 is 10.2 Å². The summed E-state index contributed by atoms with van der Waals surface area (Å²) >= 11 is 12.8. The largest absolute Gasteiger partial charge is 0.352 e. The van der Waals surface area contributed by atoms with Crippen molar-refractivity contribution in [3.05, 3.63) is 63.6 Å². The summed E-state index contributed by atoms with van der Waals surface area (Å²) in [6.07, 6.45) is 5.50. The summed E-state index contributed by atoms with van der Waals surface area (Å²) in [5.74, 6) is 0.344. The second kappa shape index (κ2) is 10.8. The molecule has 0 saturated carbocycles. The second-order valence-corrected chi connectivity index (χ2v) is 8.81. The molecular formula is C25H28Cl2N2O2. The van der Waals surface area contributed by atoms with Gasteiger partial charge in [0.05, 0.1) is 10.0 Å². The lowest BCUT2D eigenvalue weighted by Crippen LogP contribution is -2.29. The van der Waals surface area contributed by atoms with Crippen molar-refractivity contribution < 1.29 is 9.59 Å². The van der Waals surface area contributed by atoms with Gasteiger partial charge >= 0.3 is 0 Å². The van der Waals surface area contributed by atoms with Crippen molar-refractivity contribution in [2.24, 2.45) is 0 Å². The molecule has 6 heteroatoms. The molecule has 0 aromatic heterocycles. The van der Waals surface area contributed by atoms with Crippen LogP contribution in [0.15, 0.2) is 42.5 Å². The predicted molar refractivity (Wildman–Crippen MR) is 128 cm³/mol. The monoisotopic (exact) mass is 458 g/mol. The highest BCUT2D eigenvalue weighted by Gasteiger charge is 2.19. The van der Waals surface area contributed by atoms with Gasteiger partial charge in [-0.25, -0.2) is 0 Å². The molecule has 2 aromatic rings. The van der Waals surface area contributed by atoms with Gasteiger partial charge in [0.1, 0.15) is 0 Å². The predicted octanol–water partition coefficient (Wildman–Crippen LogP) is 5.93. The first-order chi connectivity index (χ1) is 14.9. The number of carbonyl (C=O) groups excluding carboxylic acids is 2. The second-order valence-electron chi connectivity index (χ2n) is 8.03. The third-order valence-electron chi connectivity index (χ3n) is 5.48. The van der Waals surface area contributed by atoms with Gasteiger partial charge in [-0.15, -0.1) is 0 Å². The summed E-state index contributed by atoms with van der Waals surface area (Å²) in [6.45, 7) is 6.31. The van der Waals surface area contributed by atoms with E-state index in [4.69, 9.17) is 23.2 Å². The highest BCUT2D eigenvalue weighted by molar-refractivity contribution is 6.43. The lowest BCUT2D eigenvalue weighted by molar-refractivity contribution is -0.127. The van der Waals surface area contributed by atoms with Gasteiger partial charge in [0, 0.05) is 37.7 Å². The molecule has 2 aromatic carbocycles. The van der Waals surface area contributed by atoms with E-state index >= 15 is 0 Å². The summed E-state index contributed by atoms with van der Waals surface area (Å²) in [7, 11) is 0. The topological polar surface area (TPSA) is 49.4 Å². The van der Waals surface area contributed by atoms with Crippen LogP contribution in [-0.4, -0.2) is 36.3 Å². The third kappa shape index (κ3) is 5.90. The molecule has 2 amide bonds. The minimum absolute atomic E-state index is 0.202. The fourth-order valence-corrected chi connectivity index (χ4v) is 4.24. The normalized spacial score (nSPS) is 14.1. The molecule has 31 heavy (non-hydrogen) atoms. The van der Waals surface area contributed by atoms with E-state index in [1.54, 1.807) is 12.1 Å². The fraction of sp³-hybridized carbons (Fsp3) is 0.360. The number of likely N-dealkylation sites (tertiary alicyclic amines) is 1. The third-order valence-corrected chi connectivity index (χ3v) is 6.30. The molecule has 0 spiro atoms. The number of halogens is 2. The van der Waals surface area contributed by atoms with Crippen LogP contribution in [0.4, 0.5) is 0 Å². The van der Waals surface area contributed by atoms with E-state index in [0.29, 0.717) is 35.5 Å². The molecule has 0 aliphatic carbocycles. The average molecular weight is 459 g/mol. The van der Waals surface area contributed by atoms with Gasteiger partial charge in [0.15, 0.2) is 0 Å². The van der Waals surface area contributed by atoms with Gasteiger partial charge in [0.2, 0.25) is 11.8 Å². The molecule has 1 aliphatic heterocycles. The minimum atomic E-state index is -0.202. The van der Waals surface area contributed by atoms with Gasteiger partial charge in [0.25, 0.3) is 0 Å². The Labute approximate surface area is 194 Å². The SMILES string of the molecule is CC(C)c1ccccc1-c1ccc(Cl)c(Cl)c1/C=C/C(=O)NCCCN1CCCC1=O. The number of hydrogen-bond donors (Lipinski definition) is 1. The molecule has 0 unspecified atom stereocenters. The number of rotatable bonds is 8. The van der Waals surface area contributed by atoms with Crippen LogP contribution in [0.3, 0.4) is 0 Å². The van der Waals surface area contributed by atoms with Crippen molar-refractivity contribution in [1.82, 2.24) is 10.2 Å². The first-order valence-electron chi connectivity index (χ1n) is 10.7. The van der Waals surface area contributed by atoms with Crippen LogP contribution in [0.2, 0.25) is 10.0 Å². The molecule has 1 saturated heterocycles. The number of nitrogens with one attached hydrogen (secondary N) is 1. The van der Waals surface area contributed by atoms with E-state index in [1.165, 1.54) is 11.6 Å². The zero-order valence-corrected chi connectivity index (χ0v) is 19.5. The van der Waals surface area contributed by atoms with Crippen LogP contribution >= 0.6 is 23.2 Å². The Hall–Kier alpha value is -2.30. The number of amides is 2. The molecule has 0 atom stereocenters. The maximum absolute atomic E-state index is 12.3. The summed E-state index contributed by atoms with van der Waals surface area (Å²) in [5, 5.41) is 3.75. The van der Waals surface area contributed by atoms with Crippen molar-refractivity contribution in [2.75, 3.05) is 19.6 Å². The Kier molecular flexibility index (Phi) is 8.16. The van der Waals surface area contributed by atoms with Crippen LogP contribution < -0.4 is 5.32 Å². The molecule has 4 nitrogen and oxygen atoms in total. The molecule has 0 radical (unpaired) electrons. The molecule has 0 bridgehead atoms.